The third-order valence-electron chi connectivity index (χ3n) is 5.01. The summed E-state index contributed by atoms with van der Waals surface area (Å²) in [5, 5.41) is 4.74. The van der Waals surface area contributed by atoms with Crippen LogP contribution in [0.3, 0.4) is 0 Å². The lowest BCUT2D eigenvalue weighted by Gasteiger charge is -2.13. The number of aromatic nitrogens is 1. The van der Waals surface area contributed by atoms with Gasteiger partial charge in [-0.3, -0.25) is 4.79 Å². The van der Waals surface area contributed by atoms with Gasteiger partial charge in [0, 0.05) is 23.4 Å². The first-order valence-corrected chi connectivity index (χ1v) is 10.6. The number of fused-ring (bicyclic) bond motifs is 1. The summed E-state index contributed by atoms with van der Waals surface area (Å²) in [4.78, 5) is 18.8. The topological polar surface area (TPSA) is 51.2 Å². The van der Waals surface area contributed by atoms with Crippen molar-refractivity contribution < 1.29 is 9.53 Å². The van der Waals surface area contributed by atoms with E-state index in [1.807, 2.05) is 30.3 Å². The summed E-state index contributed by atoms with van der Waals surface area (Å²) in [6.07, 6.45) is 3.22. The standard InChI is InChI=1S/C23H24N2O2S/c1-2-16-9-11-18(12-10-16)28-22-14-20(19-7-3-4-8-21(19)25-22)23(26)24-15-17-6-5-13-27-17/h3-4,7-12,14,17H,2,5-6,13,15H2,1H3,(H,24,26). The van der Waals surface area contributed by atoms with Crippen LogP contribution < -0.4 is 5.32 Å². The van der Waals surface area contributed by atoms with Gasteiger partial charge in [-0.15, -0.1) is 0 Å². The van der Waals surface area contributed by atoms with Crippen molar-refractivity contribution in [3.8, 4) is 0 Å². The molecule has 1 fully saturated rings. The van der Waals surface area contributed by atoms with E-state index in [2.05, 4.69) is 36.5 Å². The Morgan fingerprint density at radius 1 is 1.21 bits per heavy atom. The van der Waals surface area contributed by atoms with Gasteiger partial charge in [-0.1, -0.05) is 49.0 Å². The minimum atomic E-state index is -0.0720. The summed E-state index contributed by atoms with van der Waals surface area (Å²) in [6, 6.07) is 18.2. The molecule has 1 aliphatic rings. The number of hydrogen-bond donors (Lipinski definition) is 1. The molecule has 1 amide bonds. The molecule has 144 valence electrons. The Labute approximate surface area is 169 Å². The first-order valence-electron chi connectivity index (χ1n) is 9.79. The Balaban J connectivity index is 1.59. The average Bonchev–Trinajstić information content (AvgIpc) is 3.26. The Kier molecular flexibility index (Phi) is 5.93. The van der Waals surface area contributed by atoms with Gasteiger partial charge in [-0.25, -0.2) is 4.98 Å². The average molecular weight is 393 g/mol. The molecule has 1 atom stereocenters. The number of benzene rings is 2. The molecule has 0 saturated carbocycles. The van der Waals surface area contributed by atoms with Crippen LogP contribution in [0.5, 0.6) is 0 Å². The van der Waals surface area contributed by atoms with Gasteiger partial charge in [-0.05, 0) is 49.1 Å². The molecule has 1 N–H and O–H groups in total. The van der Waals surface area contributed by atoms with Gasteiger partial charge < -0.3 is 10.1 Å². The molecule has 28 heavy (non-hydrogen) atoms. The van der Waals surface area contributed by atoms with E-state index in [0.717, 1.165) is 46.7 Å². The monoisotopic (exact) mass is 392 g/mol. The van der Waals surface area contributed by atoms with Crippen molar-refractivity contribution in [2.75, 3.05) is 13.2 Å². The normalized spacial score (nSPS) is 16.4. The van der Waals surface area contributed by atoms with Crippen LogP contribution in [-0.4, -0.2) is 30.1 Å². The second-order valence-corrected chi connectivity index (χ2v) is 8.06. The second-order valence-electron chi connectivity index (χ2n) is 6.97. The van der Waals surface area contributed by atoms with Crippen molar-refractivity contribution >= 4 is 28.6 Å². The van der Waals surface area contributed by atoms with Crippen molar-refractivity contribution in [1.82, 2.24) is 10.3 Å². The van der Waals surface area contributed by atoms with E-state index in [4.69, 9.17) is 9.72 Å². The zero-order chi connectivity index (χ0) is 19.3. The molecule has 0 aliphatic carbocycles. The first kappa shape index (κ1) is 19.0. The molecule has 4 nitrogen and oxygen atoms in total. The van der Waals surface area contributed by atoms with Crippen LogP contribution >= 0.6 is 11.8 Å². The maximum atomic E-state index is 12.9. The van der Waals surface area contributed by atoms with Crippen LogP contribution in [0.1, 0.15) is 35.7 Å². The molecule has 1 unspecified atom stereocenters. The van der Waals surface area contributed by atoms with Crippen LogP contribution in [0.25, 0.3) is 10.9 Å². The predicted octanol–water partition coefficient (Wildman–Crippen LogP) is 4.86. The predicted molar refractivity (Wildman–Crippen MR) is 113 cm³/mol. The highest BCUT2D eigenvalue weighted by atomic mass is 32.2. The highest BCUT2D eigenvalue weighted by Gasteiger charge is 2.18. The van der Waals surface area contributed by atoms with Gasteiger partial charge in [0.2, 0.25) is 0 Å². The summed E-state index contributed by atoms with van der Waals surface area (Å²) < 4.78 is 5.62. The molecule has 4 rings (SSSR count). The fourth-order valence-electron chi connectivity index (χ4n) is 3.41. The van der Waals surface area contributed by atoms with E-state index < -0.39 is 0 Å². The minimum absolute atomic E-state index is 0.0720. The highest BCUT2D eigenvalue weighted by molar-refractivity contribution is 7.99. The molecule has 2 aromatic carbocycles. The van der Waals surface area contributed by atoms with Crippen molar-refractivity contribution in [1.29, 1.82) is 0 Å². The van der Waals surface area contributed by atoms with Crippen LogP contribution in [0.4, 0.5) is 0 Å². The van der Waals surface area contributed by atoms with Crippen LogP contribution in [-0.2, 0) is 11.2 Å². The fraction of sp³-hybridized carbons (Fsp3) is 0.304. The number of carbonyl (C=O) groups excluding carboxylic acids is 1. The largest absolute Gasteiger partial charge is 0.376 e. The maximum Gasteiger partial charge on any atom is 0.252 e. The molecule has 0 bridgehead atoms. The van der Waals surface area contributed by atoms with Gasteiger partial charge in [0.15, 0.2) is 0 Å². The molecule has 2 heterocycles. The summed E-state index contributed by atoms with van der Waals surface area (Å²) in [5.41, 5.74) is 2.81. The van der Waals surface area contributed by atoms with Crippen molar-refractivity contribution in [3.63, 3.8) is 0 Å². The van der Waals surface area contributed by atoms with Gasteiger partial charge >= 0.3 is 0 Å². The van der Waals surface area contributed by atoms with E-state index in [1.165, 1.54) is 5.56 Å². The molecule has 0 radical (unpaired) electrons. The number of amides is 1. The second kappa shape index (κ2) is 8.76. The highest BCUT2D eigenvalue weighted by Crippen LogP contribution is 2.30. The number of nitrogens with one attached hydrogen (secondary N) is 1. The number of nitrogens with zero attached hydrogens (tertiary/aromatic N) is 1. The smallest absolute Gasteiger partial charge is 0.252 e. The van der Waals surface area contributed by atoms with Crippen molar-refractivity contribution in [2.24, 2.45) is 0 Å². The van der Waals surface area contributed by atoms with Crippen molar-refractivity contribution in [3.05, 3.63) is 65.7 Å². The molecule has 1 saturated heterocycles. The SMILES string of the molecule is CCc1ccc(Sc2cc(C(=O)NCC3CCCO3)c3ccccc3n2)cc1. The van der Waals surface area contributed by atoms with Crippen LogP contribution in [0.2, 0.25) is 0 Å². The van der Waals surface area contributed by atoms with Gasteiger partial charge in [0.25, 0.3) is 5.91 Å². The van der Waals surface area contributed by atoms with Crippen molar-refractivity contribution in [2.45, 2.75) is 42.2 Å². The van der Waals surface area contributed by atoms with Crippen LogP contribution in [0, 0.1) is 0 Å². The Hall–Kier alpha value is -2.37. The fourth-order valence-corrected chi connectivity index (χ4v) is 4.25. The lowest BCUT2D eigenvalue weighted by molar-refractivity contribution is 0.0859. The van der Waals surface area contributed by atoms with E-state index in [9.17, 15) is 4.79 Å². The molecule has 1 aliphatic heterocycles. The Bertz CT molecular complexity index is 966. The summed E-state index contributed by atoms with van der Waals surface area (Å²) in [7, 11) is 0. The maximum absolute atomic E-state index is 12.9. The van der Waals surface area contributed by atoms with E-state index in [0.29, 0.717) is 12.1 Å². The van der Waals surface area contributed by atoms with Gasteiger partial charge in [0.05, 0.1) is 17.2 Å². The van der Waals surface area contributed by atoms with E-state index in [1.54, 1.807) is 11.8 Å². The molecule has 5 heteroatoms. The summed E-state index contributed by atoms with van der Waals surface area (Å²) in [5.74, 6) is -0.0720. The number of ether oxygens (including phenoxy) is 1. The first-order chi connectivity index (χ1) is 13.7. The number of para-hydroxylation sites is 1. The van der Waals surface area contributed by atoms with Gasteiger partial charge in [-0.2, -0.15) is 0 Å². The van der Waals surface area contributed by atoms with Crippen LogP contribution in [0.15, 0.2) is 64.5 Å². The third kappa shape index (κ3) is 4.37. The Morgan fingerprint density at radius 3 is 2.79 bits per heavy atom. The molecule has 0 spiro atoms. The minimum Gasteiger partial charge on any atom is -0.376 e. The third-order valence-corrected chi connectivity index (χ3v) is 5.93. The lowest BCUT2D eigenvalue weighted by Crippen LogP contribution is -2.31. The summed E-state index contributed by atoms with van der Waals surface area (Å²) in [6.45, 7) is 3.49. The summed E-state index contributed by atoms with van der Waals surface area (Å²) >= 11 is 1.58. The molecular weight excluding hydrogens is 368 g/mol. The number of aryl methyl sites for hydroxylation is 1. The number of pyridine rings is 1. The number of rotatable bonds is 6. The molecule has 1 aromatic heterocycles. The number of hydrogen-bond acceptors (Lipinski definition) is 4. The van der Waals surface area contributed by atoms with E-state index in [-0.39, 0.29) is 12.0 Å². The molecule has 3 aromatic rings. The van der Waals surface area contributed by atoms with E-state index >= 15 is 0 Å². The zero-order valence-electron chi connectivity index (χ0n) is 16.0. The van der Waals surface area contributed by atoms with Gasteiger partial charge in [0.1, 0.15) is 5.03 Å². The number of carbonyl (C=O) groups is 1. The Morgan fingerprint density at radius 2 is 2.04 bits per heavy atom. The quantitative estimate of drug-likeness (QED) is 0.651. The lowest BCUT2D eigenvalue weighted by atomic mass is 10.1. The molecular formula is C23H24N2O2S. The zero-order valence-corrected chi connectivity index (χ0v) is 16.8.